The summed E-state index contributed by atoms with van der Waals surface area (Å²) in [6.45, 7) is 3.35. The maximum Gasteiger partial charge on any atom is 0.307 e. The molecule has 1 heterocycles. The first kappa shape index (κ1) is 15.6. The van der Waals surface area contributed by atoms with E-state index >= 15 is 0 Å². The highest BCUT2D eigenvalue weighted by Crippen LogP contribution is 2.18. The molecule has 1 amide bonds. The van der Waals surface area contributed by atoms with Crippen LogP contribution in [0.5, 0.6) is 0 Å². The number of carbonyl (C=O) groups is 2. The Labute approximate surface area is 114 Å². The zero-order valence-corrected chi connectivity index (χ0v) is 11.2. The van der Waals surface area contributed by atoms with Crippen LogP contribution in [0.2, 0.25) is 0 Å². The minimum atomic E-state index is -1.10. The van der Waals surface area contributed by atoms with Crippen molar-refractivity contribution in [2.75, 3.05) is 6.54 Å². The van der Waals surface area contributed by atoms with Crippen LogP contribution in [0.15, 0.2) is 12.4 Å². The van der Waals surface area contributed by atoms with Gasteiger partial charge in [-0.2, -0.15) is 5.10 Å². The number of carboxylic acid groups (broad SMARTS) is 1. The molecule has 110 valence electrons. The number of carbonyl (C=O) groups excluding carboxylic acids is 1. The molecule has 0 unspecified atom stereocenters. The predicted octanol–water partition coefficient (Wildman–Crippen LogP) is 0.507. The Bertz CT molecular complexity index is 523. The van der Waals surface area contributed by atoms with E-state index in [-0.39, 0.29) is 24.6 Å². The van der Waals surface area contributed by atoms with E-state index in [4.69, 9.17) is 5.11 Å². The van der Waals surface area contributed by atoms with Crippen molar-refractivity contribution in [1.82, 2.24) is 15.1 Å². The molecule has 0 aliphatic carbocycles. The lowest BCUT2D eigenvalue weighted by Crippen LogP contribution is -2.45. The van der Waals surface area contributed by atoms with Gasteiger partial charge in [-0.1, -0.05) is 0 Å². The third-order valence-corrected chi connectivity index (χ3v) is 2.76. The van der Waals surface area contributed by atoms with Crippen LogP contribution in [0.3, 0.4) is 0 Å². The minimum Gasteiger partial charge on any atom is -0.481 e. The highest BCUT2D eigenvalue weighted by Gasteiger charge is 2.31. The molecule has 0 aliphatic heterocycles. The molecule has 0 fully saturated rings. The molecule has 0 aromatic carbocycles. The Morgan fingerprint density at radius 2 is 2.20 bits per heavy atom. The summed E-state index contributed by atoms with van der Waals surface area (Å²) in [6.07, 6.45) is 2.53. The second-order valence-corrected chi connectivity index (χ2v) is 4.71. The van der Waals surface area contributed by atoms with Gasteiger partial charge in [-0.05, 0) is 20.3 Å². The maximum absolute atomic E-state index is 12.0. The SMILES string of the molecule is CC(C)(C(=O)NCCCC(=O)O)n1cc([N+](=O)[O-])cn1. The molecule has 20 heavy (non-hydrogen) atoms. The van der Waals surface area contributed by atoms with Crippen LogP contribution in [0, 0.1) is 10.1 Å². The lowest BCUT2D eigenvalue weighted by Gasteiger charge is -2.23. The van der Waals surface area contributed by atoms with Gasteiger partial charge < -0.3 is 10.4 Å². The summed E-state index contributed by atoms with van der Waals surface area (Å²) in [5, 5.41) is 25.5. The first-order valence-corrected chi connectivity index (χ1v) is 5.95. The lowest BCUT2D eigenvalue weighted by molar-refractivity contribution is -0.385. The maximum atomic E-state index is 12.0. The Kier molecular flexibility index (Phi) is 4.78. The Balaban J connectivity index is 2.64. The van der Waals surface area contributed by atoms with Crippen molar-refractivity contribution in [3.8, 4) is 0 Å². The van der Waals surface area contributed by atoms with E-state index in [9.17, 15) is 19.7 Å². The average Bonchev–Trinajstić information content (AvgIpc) is 2.84. The molecule has 9 heteroatoms. The van der Waals surface area contributed by atoms with Crippen LogP contribution < -0.4 is 5.32 Å². The van der Waals surface area contributed by atoms with E-state index in [0.29, 0.717) is 6.42 Å². The number of aromatic nitrogens is 2. The fourth-order valence-electron chi connectivity index (χ4n) is 1.48. The number of nitrogens with one attached hydrogen (secondary N) is 1. The molecule has 0 bridgehead atoms. The molecule has 0 atom stereocenters. The molecule has 1 aromatic heterocycles. The van der Waals surface area contributed by atoms with E-state index in [0.717, 1.165) is 6.20 Å². The van der Waals surface area contributed by atoms with Crippen LogP contribution in [0.1, 0.15) is 26.7 Å². The van der Waals surface area contributed by atoms with Crippen LogP contribution in [-0.4, -0.2) is 38.2 Å². The number of rotatable bonds is 7. The van der Waals surface area contributed by atoms with Crippen molar-refractivity contribution in [3.05, 3.63) is 22.5 Å². The van der Waals surface area contributed by atoms with Crippen molar-refractivity contribution < 1.29 is 19.6 Å². The van der Waals surface area contributed by atoms with Gasteiger partial charge in [-0.25, -0.2) is 0 Å². The van der Waals surface area contributed by atoms with Crippen LogP contribution in [0.25, 0.3) is 0 Å². The molecule has 0 aliphatic rings. The predicted molar refractivity (Wildman–Crippen MR) is 68.1 cm³/mol. The molecule has 1 rings (SSSR count). The fraction of sp³-hybridized carbons (Fsp3) is 0.545. The molecule has 0 saturated carbocycles. The topological polar surface area (TPSA) is 127 Å². The zero-order chi connectivity index (χ0) is 15.3. The van der Waals surface area contributed by atoms with Gasteiger partial charge in [0, 0.05) is 13.0 Å². The van der Waals surface area contributed by atoms with E-state index in [1.54, 1.807) is 13.8 Å². The van der Waals surface area contributed by atoms with Gasteiger partial charge in [0.05, 0.1) is 4.92 Å². The number of hydrogen-bond donors (Lipinski definition) is 2. The first-order chi connectivity index (χ1) is 9.25. The van der Waals surface area contributed by atoms with Crippen molar-refractivity contribution in [2.45, 2.75) is 32.2 Å². The summed E-state index contributed by atoms with van der Waals surface area (Å²) in [7, 11) is 0. The minimum absolute atomic E-state index is 0.0338. The van der Waals surface area contributed by atoms with Gasteiger partial charge in [-0.15, -0.1) is 0 Å². The summed E-state index contributed by atoms with van der Waals surface area (Å²) in [6, 6.07) is 0. The van der Waals surface area contributed by atoms with Gasteiger partial charge in [0.1, 0.15) is 17.9 Å². The standard InChI is InChI=1S/C11H16N4O5/c1-11(2,10(18)12-5-3-4-9(16)17)14-7-8(6-13-14)15(19)20/h6-7H,3-5H2,1-2H3,(H,12,18)(H,16,17). The number of nitrogens with zero attached hydrogens (tertiary/aromatic N) is 3. The summed E-state index contributed by atoms with van der Waals surface area (Å²) in [5.41, 5.74) is -1.30. The van der Waals surface area contributed by atoms with E-state index in [1.165, 1.54) is 10.9 Å². The fourth-order valence-corrected chi connectivity index (χ4v) is 1.48. The highest BCUT2D eigenvalue weighted by molar-refractivity contribution is 5.83. The summed E-state index contributed by atoms with van der Waals surface area (Å²) >= 11 is 0. The van der Waals surface area contributed by atoms with Crippen molar-refractivity contribution >= 4 is 17.6 Å². The van der Waals surface area contributed by atoms with E-state index < -0.39 is 16.4 Å². The third-order valence-electron chi connectivity index (χ3n) is 2.76. The monoisotopic (exact) mass is 284 g/mol. The van der Waals surface area contributed by atoms with Gasteiger partial charge in [-0.3, -0.25) is 24.4 Å². The highest BCUT2D eigenvalue weighted by atomic mass is 16.6. The van der Waals surface area contributed by atoms with Crippen LogP contribution in [-0.2, 0) is 15.1 Å². The largest absolute Gasteiger partial charge is 0.481 e. The average molecular weight is 284 g/mol. The molecule has 0 radical (unpaired) electrons. The Hall–Kier alpha value is -2.45. The number of aliphatic carboxylic acids is 1. The Morgan fingerprint density at radius 1 is 1.55 bits per heavy atom. The Morgan fingerprint density at radius 3 is 2.70 bits per heavy atom. The number of hydrogen-bond acceptors (Lipinski definition) is 5. The van der Waals surface area contributed by atoms with Crippen LogP contribution in [0.4, 0.5) is 5.69 Å². The number of nitro groups is 1. The zero-order valence-electron chi connectivity index (χ0n) is 11.2. The second kappa shape index (κ2) is 6.13. The van der Waals surface area contributed by atoms with Gasteiger partial charge >= 0.3 is 11.7 Å². The van der Waals surface area contributed by atoms with E-state index in [1.807, 2.05) is 0 Å². The number of amides is 1. The summed E-state index contributed by atoms with van der Waals surface area (Å²) in [5.74, 6) is -1.32. The molecule has 0 spiro atoms. The smallest absolute Gasteiger partial charge is 0.307 e. The molecule has 0 saturated heterocycles. The van der Waals surface area contributed by atoms with E-state index in [2.05, 4.69) is 10.4 Å². The summed E-state index contributed by atoms with van der Waals surface area (Å²) in [4.78, 5) is 32.3. The van der Waals surface area contributed by atoms with Gasteiger partial charge in [0.25, 0.3) is 0 Å². The van der Waals surface area contributed by atoms with Crippen molar-refractivity contribution in [3.63, 3.8) is 0 Å². The van der Waals surface area contributed by atoms with Gasteiger partial charge in [0.2, 0.25) is 5.91 Å². The molecule has 2 N–H and O–H groups in total. The van der Waals surface area contributed by atoms with Crippen LogP contribution >= 0.6 is 0 Å². The van der Waals surface area contributed by atoms with Crippen molar-refractivity contribution in [2.24, 2.45) is 0 Å². The molecular weight excluding hydrogens is 268 g/mol. The summed E-state index contributed by atoms with van der Waals surface area (Å²) < 4.78 is 1.21. The normalized spacial score (nSPS) is 11.1. The molecule has 1 aromatic rings. The molecule has 9 nitrogen and oxygen atoms in total. The quantitative estimate of drug-likeness (QED) is 0.426. The lowest BCUT2D eigenvalue weighted by atomic mass is 10.1. The number of carboxylic acids is 1. The molecular formula is C11H16N4O5. The van der Waals surface area contributed by atoms with Crippen molar-refractivity contribution in [1.29, 1.82) is 0 Å². The first-order valence-electron chi connectivity index (χ1n) is 5.95. The second-order valence-electron chi connectivity index (χ2n) is 4.71. The third kappa shape index (κ3) is 3.77. The van der Waals surface area contributed by atoms with Gasteiger partial charge in [0.15, 0.2) is 0 Å².